The molecule has 1 aliphatic carbocycles. The highest BCUT2D eigenvalue weighted by Gasteiger charge is 2.40. The molecular formula is C11H14O4. The zero-order valence-electron chi connectivity index (χ0n) is 8.53. The normalized spacial score (nSPS) is 17.9. The summed E-state index contributed by atoms with van der Waals surface area (Å²) >= 11 is 0. The second kappa shape index (κ2) is 4.77. The van der Waals surface area contributed by atoms with E-state index in [9.17, 15) is 9.59 Å². The van der Waals surface area contributed by atoms with Gasteiger partial charge >= 0.3 is 11.9 Å². The van der Waals surface area contributed by atoms with Gasteiger partial charge in [-0.1, -0.05) is 13.2 Å². The summed E-state index contributed by atoms with van der Waals surface area (Å²) in [6.45, 7) is 6.60. The number of carbonyl (C=O) groups excluding carboxylic acids is 2. The fourth-order valence-electron chi connectivity index (χ4n) is 1.59. The third-order valence-electron chi connectivity index (χ3n) is 2.27. The summed E-state index contributed by atoms with van der Waals surface area (Å²) in [5.74, 6) is -2.25. The second-order valence-electron chi connectivity index (χ2n) is 3.37. The van der Waals surface area contributed by atoms with Crippen molar-refractivity contribution in [2.24, 2.45) is 0 Å². The minimum atomic E-state index is -1.10. The number of rotatable bonds is 4. The van der Waals surface area contributed by atoms with Gasteiger partial charge in [-0.2, -0.15) is 0 Å². The van der Waals surface area contributed by atoms with Gasteiger partial charge in [0.25, 0.3) is 5.79 Å². The van der Waals surface area contributed by atoms with E-state index in [0.29, 0.717) is 12.8 Å². The van der Waals surface area contributed by atoms with Gasteiger partial charge in [0, 0.05) is 25.0 Å². The first-order valence-electron chi connectivity index (χ1n) is 4.83. The first kappa shape index (κ1) is 11.5. The van der Waals surface area contributed by atoms with E-state index in [1.54, 1.807) is 0 Å². The van der Waals surface area contributed by atoms with Crippen LogP contribution in [0.1, 0.15) is 25.7 Å². The molecule has 0 aromatic rings. The Bertz CT molecular complexity index is 263. The first-order chi connectivity index (χ1) is 7.12. The largest absolute Gasteiger partial charge is 0.419 e. The van der Waals surface area contributed by atoms with Crippen LogP contribution in [0.15, 0.2) is 25.3 Å². The smallest absolute Gasteiger partial charge is 0.333 e. The molecule has 15 heavy (non-hydrogen) atoms. The quantitative estimate of drug-likeness (QED) is 0.402. The Morgan fingerprint density at radius 2 is 1.40 bits per heavy atom. The summed E-state index contributed by atoms with van der Waals surface area (Å²) < 4.78 is 10.1. The molecule has 1 aliphatic rings. The van der Waals surface area contributed by atoms with E-state index in [1.807, 2.05) is 0 Å². The van der Waals surface area contributed by atoms with Crippen molar-refractivity contribution in [3.63, 3.8) is 0 Å². The zero-order chi connectivity index (χ0) is 11.3. The molecule has 1 fully saturated rings. The average Bonchev–Trinajstić information content (AvgIpc) is 2.66. The predicted octanol–water partition coefficient (Wildman–Crippen LogP) is 1.72. The fourth-order valence-corrected chi connectivity index (χ4v) is 1.59. The molecular weight excluding hydrogens is 196 g/mol. The van der Waals surface area contributed by atoms with Gasteiger partial charge in [-0.15, -0.1) is 0 Å². The lowest BCUT2D eigenvalue weighted by Gasteiger charge is -2.27. The van der Waals surface area contributed by atoms with Crippen molar-refractivity contribution >= 4 is 11.9 Å². The first-order valence-corrected chi connectivity index (χ1v) is 4.83. The van der Waals surface area contributed by atoms with Gasteiger partial charge in [0.15, 0.2) is 0 Å². The van der Waals surface area contributed by atoms with Gasteiger partial charge in [-0.25, -0.2) is 9.59 Å². The van der Waals surface area contributed by atoms with Crippen molar-refractivity contribution in [1.82, 2.24) is 0 Å². The standard InChI is InChI=1S/C11H14O4/c1-3-9(12)14-11(7-5-6-8-11)15-10(13)4-2/h3-4H,1-2,5-8H2. The Labute approximate surface area is 88.6 Å². The van der Waals surface area contributed by atoms with E-state index in [1.165, 1.54) is 0 Å². The molecule has 0 bridgehead atoms. The number of ether oxygens (including phenoxy) is 2. The topological polar surface area (TPSA) is 52.6 Å². The van der Waals surface area contributed by atoms with Crippen LogP contribution in [-0.2, 0) is 19.1 Å². The predicted molar refractivity (Wildman–Crippen MR) is 53.8 cm³/mol. The van der Waals surface area contributed by atoms with Crippen LogP contribution in [0.4, 0.5) is 0 Å². The van der Waals surface area contributed by atoms with Crippen molar-refractivity contribution in [3.05, 3.63) is 25.3 Å². The molecule has 0 saturated heterocycles. The molecule has 0 N–H and O–H groups in total. The Morgan fingerprint density at radius 3 is 1.73 bits per heavy atom. The van der Waals surface area contributed by atoms with Gasteiger partial charge in [0.2, 0.25) is 0 Å². The van der Waals surface area contributed by atoms with Crippen LogP contribution in [-0.4, -0.2) is 17.7 Å². The van der Waals surface area contributed by atoms with Gasteiger partial charge in [-0.05, 0) is 12.8 Å². The van der Waals surface area contributed by atoms with Crippen molar-refractivity contribution in [2.75, 3.05) is 0 Å². The molecule has 0 spiro atoms. The van der Waals surface area contributed by atoms with Gasteiger partial charge in [0.1, 0.15) is 0 Å². The van der Waals surface area contributed by atoms with Gasteiger partial charge < -0.3 is 9.47 Å². The minimum absolute atomic E-state index is 0.534. The molecule has 0 amide bonds. The summed E-state index contributed by atoms with van der Waals surface area (Å²) in [7, 11) is 0. The molecule has 4 heteroatoms. The lowest BCUT2D eigenvalue weighted by Crippen LogP contribution is -2.36. The maximum absolute atomic E-state index is 11.1. The summed E-state index contributed by atoms with van der Waals surface area (Å²) in [4.78, 5) is 22.2. The number of hydrogen-bond donors (Lipinski definition) is 0. The third kappa shape index (κ3) is 2.94. The van der Waals surface area contributed by atoms with Crippen LogP contribution in [0, 0.1) is 0 Å². The van der Waals surface area contributed by atoms with E-state index >= 15 is 0 Å². The maximum Gasteiger partial charge on any atom is 0.333 e. The van der Waals surface area contributed by atoms with E-state index in [-0.39, 0.29) is 0 Å². The molecule has 0 aliphatic heterocycles. The van der Waals surface area contributed by atoms with Crippen LogP contribution in [0.2, 0.25) is 0 Å². The zero-order valence-corrected chi connectivity index (χ0v) is 8.53. The second-order valence-corrected chi connectivity index (χ2v) is 3.37. The number of hydrogen-bond acceptors (Lipinski definition) is 4. The number of esters is 2. The fraction of sp³-hybridized carbons (Fsp3) is 0.455. The van der Waals surface area contributed by atoms with E-state index in [0.717, 1.165) is 25.0 Å². The molecule has 0 radical (unpaired) electrons. The monoisotopic (exact) mass is 210 g/mol. The third-order valence-corrected chi connectivity index (χ3v) is 2.27. The molecule has 1 saturated carbocycles. The lowest BCUT2D eigenvalue weighted by atomic mass is 10.2. The van der Waals surface area contributed by atoms with E-state index in [2.05, 4.69) is 13.2 Å². The summed E-state index contributed by atoms with van der Waals surface area (Å²) in [5.41, 5.74) is 0. The van der Waals surface area contributed by atoms with Crippen LogP contribution in [0.3, 0.4) is 0 Å². The van der Waals surface area contributed by atoms with Crippen LogP contribution in [0.25, 0.3) is 0 Å². The molecule has 0 aromatic carbocycles. The SMILES string of the molecule is C=CC(=O)OC1(OC(=O)C=C)CCCC1. The van der Waals surface area contributed by atoms with E-state index in [4.69, 9.17) is 9.47 Å². The van der Waals surface area contributed by atoms with Gasteiger partial charge in [0.05, 0.1) is 0 Å². The average molecular weight is 210 g/mol. The van der Waals surface area contributed by atoms with E-state index < -0.39 is 17.7 Å². The molecule has 4 nitrogen and oxygen atoms in total. The maximum atomic E-state index is 11.1. The summed E-state index contributed by atoms with van der Waals surface area (Å²) in [6, 6.07) is 0. The Kier molecular flexibility index (Phi) is 3.66. The molecule has 0 atom stereocenters. The molecule has 1 rings (SSSR count). The number of carbonyl (C=O) groups is 2. The van der Waals surface area contributed by atoms with Crippen molar-refractivity contribution in [2.45, 2.75) is 31.5 Å². The van der Waals surface area contributed by atoms with Crippen molar-refractivity contribution in [1.29, 1.82) is 0 Å². The molecule has 0 heterocycles. The van der Waals surface area contributed by atoms with Crippen LogP contribution < -0.4 is 0 Å². The Hall–Kier alpha value is -1.58. The lowest BCUT2D eigenvalue weighted by molar-refractivity contribution is -0.219. The highest BCUT2D eigenvalue weighted by atomic mass is 16.7. The Balaban J connectivity index is 2.69. The summed E-state index contributed by atoms with van der Waals surface area (Å²) in [5, 5.41) is 0. The molecule has 82 valence electrons. The molecule has 0 unspecified atom stereocenters. The van der Waals surface area contributed by atoms with Crippen LogP contribution >= 0.6 is 0 Å². The highest BCUT2D eigenvalue weighted by molar-refractivity contribution is 5.83. The van der Waals surface area contributed by atoms with Crippen molar-refractivity contribution < 1.29 is 19.1 Å². The highest BCUT2D eigenvalue weighted by Crippen LogP contribution is 2.34. The molecule has 0 aromatic heterocycles. The minimum Gasteiger partial charge on any atom is -0.419 e. The van der Waals surface area contributed by atoms with Crippen LogP contribution in [0.5, 0.6) is 0 Å². The van der Waals surface area contributed by atoms with Crippen molar-refractivity contribution in [3.8, 4) is 0 Å². The summed E-state index contributed by atoms with van der Waals surface area (Å²) in [6.07, 6.45) is 4.92. The Morgan fingerprint density at radius 1 is 1.00 bits per heavy atom. The van der Waals surface area contributed by atoms with Gasteiger partial charge in [-0.3, -0.25) is 0 Å².